The van der Waals surface area contributed by atoms with Gasteiger partial charge >= 0.3 is 0 Å². The molecule has 0 atom stereocenters. The maximum absolute atomic E-state index is 14.0. The maximum Gasteiger partial charge on any atom is 0.267 e. The number of amides is 4. The molecule has 0 fully saturated rings. The van der Waals surface area contributed by atoms with Crippen molar-refractivity contribution in [1.29, 1.82) is 0 Å². The summed E-state index contributed by atoms with van der Waals surface area (Å²) in [6.45, 7) is 0. The number of anilines is 2. The lowest BCUT2D eigenvalue weighted by atomic mass is 9.82. The van der Waals surface area contributed by atoms with Gasteiger partial charge in [0, 0.05) is 45.2 Å². The minimum Gasteiger partial charge on any atom is -0.268 e. The number of nitrogens with zero attached hydrogens (tertiary/aromatic N) is 4. The van der Waals surface area contributed by atoms with Crippen molar-refractivity contribution in [3.8, 4) is 0 Å². The second-order valence-corrected chi connectivity index (χ2v) is 14.3. The molecular formula is C38H14F2N4O4S2. The largest absolute Gasteiger partial charge is 0.268 e. The Kier molecular flexibility index (Phi) is 5.12. The highest BCUT2D eigenvalue weighted by Gasteiger charge is 2.39. The number of hydrogen-bond acceptors (Lipinski definition) is 8. The van der Waals surface area contributed by atoms with Crippen molar-refractivity contribution in [3.63, 3.8) is 0 Å². The number of carbonyl (C=O) groups is 4. The Morgan fingerprint density at radius 2 is 0.780 bits per heavy atom. The van der Waals surface area contributed by atoms with Gasteiger partial charge in [-0.1, -0.05) is 46.9 Å². The van der Waals surface area contributed by atoms with E-state index in [1.165, 1.54) is 24.3 Å². The first-order chi connectivity index (χ1) is 24.3. The average Bonchev–Trinajstić information content (AvgIpc) is 3.72. The number of hydrogen-bond donors (Lipinski definition) is 0. The quantitative estimate of drug-likeness (QED) is 0.102. The number of carbonyl (C=O) groups excluding carboxylic acids is 4. The van der Waals surface area contributed by atoms with Crippen molar-refractivity contribution in [2.45, 2.75) is 0 Å². The van der Waals surface area contributed by atoms with Crippen LogP contribution < -0.4 is 9.80 Å². The van der Waals surface area contributed by atoms with Crippen LogP contribution >= 0.6 is 22.7 Å². The molecule has 0 radical (unpaired) electrons. The second-order valence-electron chi connectivity index (χ2n) is 12.3. The molecule has 11 rings (SSSR count). The first kappa shape index (κ1) is 27.7. The normalized spacial score (nSPS) is 14.7. The highest BCUT2D eigenvalue weighted by Crippen LogP contribution is 2.47. The van der Waals surface area contributed by atoms with Crippen molar-refractivity contribution in [2.24, 2.45) is 0 Å². The molecule has 0 bridgehead atoms. The molecular weight excluding hydrogens is 679 g/mol. The summed E-state index contributed by atoms with van der Waals surface area (Å²) in [6.07, 6.45) is 0. The van der Waals surface area contributed by atoms with Gasteiger partial charge in [0.25, 0.3) is 23.6 Å². The van der Waals surface area contributed by atoms with E-state index in [4.69, 9.17) is 0 Å². The van der Waals surface area contributed by atoms with Crippen LogP contribution in [0.4, 0.5) is 19.0 Å². The number of imide groups is 2. The van der Waals surface area contributed by atoms with Gasteiger partial charge in [-0.05, 0) is 80.8 Å². The van der Waals surface area contributed by atoms with Crippen LogP contribution in [0.25, 0.3) is 63.5 Å². The van der Waals surface area contributed by atoms with E-state index in [0.29, 0.717) is 53.5 Å². The van der Waals surface area contributed by atoms with Gasteiger partial charge in [-0.2, -0.15) is 0 Å². The smallest absolute Gasteiger partial charge is 0.267 e. The van der Waals surface area contributed by atoms with Crippen molar-refractivity contribution in [1.82, 2.24) is 9.97 Å². The Hall–Kier alpha value is -6.24. The highest BCUT2D eigenvalue weighted by molar-refractivity contribution is 7.23. The first-order valence-electron chi connectivity index (χ1n) is 15.4. The number of aromatic nitrogens is 2. The first-order valence-corrected chi connectivity index (χ1v) is 17.0. The maximum atomic E-state index is 14.0. The van der Waals surface area contributed by atoms with Gasteiger partial charge in [0.05, 0.1) is 20.4 Å². The minimum atomic E-state index is -0.532. The van der Waals surface area contributed by atoms with Gasteiger partial charge in [-0.3, -0.25) is 19.2 Å². The zero-order valence-electron chi connectivity index (χ0n) is 25.1. The summed E-state index contributed by atoms with van der Waals surface area (Å²) in [5.74, 6) is -3.06. The van der Waals surface area contributed by atoms with Crippen molar-refractivity contribution < 1.29 is 28.0 Å². The Balaban J connectivity index is 1.12. The van der Waals surface area contributed by atoms with Gasteiger partial charge < -0.3 is 0 Å². The fourth-order valence-electron chi connectivity index (χ4n) is 7.58. The molecule has 0 aliphatic carbocycles. The average molecular weight is 693 g/mol. The Labute approximate surface area is 285 Å². The van der Waals surface area contributed by atoms with Crippen molar-refractivity contribution >= 4 is 120 Å². The van der Waals surface area contributed by atoms with Gasteiger partial charge in [0.15, 0.2) is 0 Å². The predicted octanol–water partition coefficient (Wildman–Crippen LogP) is 8.84. The molecule has 236 valence electrons. The summed E-state index contributed by atoms with van der Waals surface area (Å²) >= 11 is 2.27. The van der Waals surface area contributed by atoms with E-state index in [0.717, 1.165) is 64.8 Å². The van der Waals surface area contributed by atoms with Crippen LogP contribution in [0.2, 0.25) is 0 Å². The number of halogens is 2. The monoisotopic (exact) mass is 692 g/mol. The van der Waals surface area contributed by atoms with Gasteiger partial charge in [-0.15, -0.1) is 0 Å². The standard InChI is InChI=1S/C38H14F2N4O4S2/c39-15-1-11-27-25(13-15)41-37(49-27)43-33(45)21-7-3-17-19-5-9-23-32-24(10-6-20(30(19)32)18-4-8-22(34(43)46)31(21)29(17)18)36(48)44(35(23)47)38-42-26-14-16(40)2-12-28(26)50-38/h1-14H. The molecule has 7 aromatic carbocycles. The van der Waals surface area contributed by atoms with Gasteiger partial charge in [0.1, 0.15) is 11.6 Å². The van der Waals surface area contributed by atoms with E-state index < -0.39 is 35.3 Å². The van der Waals surface area contributed by atoms with Crippen LogP contribution in [-0.2, 0) is 0 Å². The SMILES string of the molecule is O=C1c2ccc3c4ccc5c6c(ccc(c7ccc(c2c37)C(=O)N1c1nc2cc(F)ccc2s1)c64)C(=O)N(c1nc2cc(F)ccc2s1)C5=O. The molecule has 0 N–H and O–H groups in total. The molecule has 4 amide bonds. The summed E-state index contributed by atoms with van der Waals surface area (Å²) in [4.78, 5) is 67.1. The Morgan fingerprint density at radius 3 is 1.12 bits per heavy atom. The summed E-state index contributed by atoms with van der Waals surface area (Å²) in [5, 5.41) is 5.84. The molecule has 8 nitrogen and oxygen atoms in total. The molecule has 2 aliphatic rings. The van der Waals surface area contributed by atoms with Crippen LogP contribution in [0.1, 0.15) is 41.4 Å². The predicted molar refractivity (Wildman–Crippen MR) is 189 cm³/mol. The lowest BCUT2D eigenvalue weighted by Gasteiger charge is -2.28. The van der Waals surface area contributed by atoms with Crippen molar-refractivity contribution in [3.05, 3.63) is 119 Å². The van der Waals surface area contributed by atoms with Crippen LogP contribution in [0, 0.1) is 11.6 Å². The third-order valence-electron chi connectivity index (χ3n) is 9.69. The fraction of sp³-hybridized carbons (Fsp3) is 0. The molecule has 0 saturated heterocycles. The lowest BCUT2D eigenvalue weighted by Crippen LogP contribution is -2.40. The van der Waals surface area contributed by atoms with Crippen LogP contribution in [0.3, 0.4) is 0 Å². The summed E-state index contributed by atoms with van der Waals surface area (Å²) in [6, 6.07) is 22.4. The van der Waals surface area contributed by atoms with E-state index in [2.05, 4.69) is 9.97 Å². The van der Waals surface area contributed by atoms with E-state index >= 15 is 0 Å². The molecule has 12 heteroatoms. The molecule has 2 aliphatic heterocycles. The zero-order chi connectivity index (χ0) is 33.7. The Bertz CT molecular complexity index is 2800. The van der Waals surface area contributed by atoms with Crippen LogP contribution in [0.15, 0.2) is 84.9 Å². The zero-order valence-corrected chi connectivity index (χ0v) is 26.7. The molecule has 9 aromatic rings. The molecule has 2 aromatic heterocycles. The summed E-state index contributed by atoms with van der Waals surface area (Å²) in [5.41, 5.74) is 2.03. The van der Waals surface area contributed by atoms with Crippen LogP contribution in [-0.4, -0.2) is 33.6 Å². The number of rotatable bonds is 2. The number of thiazole rings is 2. The third-order valence-corrected chi connectivity index (χ3v) is 11.7. The van der Waals surface area contributed by atoms with E-state index in [1.807, 2.05) is 24.3 Å². The molecule has 50 heavy (non-hydrogen) atoms. The Morgan fingerprint density at radius 1 is 0.440 bits per heavy atom. The topological polar surface area (TPSA) is 101 Å². The molecule has 0 spiro atoms. The van der Waals surface area contributed by atoms with Crippen LogP contribution in [0.5, 0.6) is 0 Å². The highest BCUT2D eigenvalue weighted by atomic mass is 32.1. The van der Waals surface area contributed by atoms with E-state index in [9.17, 15) is 28.0 Å². The van der Waals surface area contributed by atoms with Crippen molar-refractivity contribution in [2.75, 3.05) is 9.80 Å². The van der Waals surface area contributed by atoms with E-state index in [1.54, 1.807) is 36.4 Å². The minimum absolute atomic E-state index is 0.158. The summed E-state index contributed by atoms with van der Waals surface area (Å²) in [7, 11) is 0. The molecule has 4 heterocycles. The lowest BCUT2D eigenvalue weighted by molar-refractivity contribution is 0.0877. The molecule has 0 unspecified atom stereocenters. The summed E-state index contributed by atoms with van der Waals surface area (Å²) < 4.78 is 29.1. The van der Waals surface area contributed by atoms with Gasteiger partial charge in [0.2, 0.25) is 10.3 Å². The fourth-order valence-corrected chi connectivity index (χ4v) is 9.47. The second kappa shape index (κ2) is 9.26. The van der Waals surface area contributed by atoms with Gasteiger partial charge in [-0.25, -0.2) is 28.5 Å². The number of fused-ring (bicyclic) bond motifs is 4. The number of benzene rings is 7. The third kappa shape index (κ3) is 3.36. The van der Waals surface area contributed by atoms with E-state index in [-0.39, 0.29) is 10.3 Å². The molecule has 0 saturated carbocycles.